The van der Waals surface area contributed by atoms with Gasteiger partial charge in [-0.05, 0) is 0 Å². The Labute approximate surface area is 224 Å². The van der Waals surface area contributed by atoms with Gasteiger partial charge >= 0.3 is 183 Å². The summed E-state index contributed by atoms with van der Waals surface area (Å²) in [5, 5.41) is 13.1. The van der Waals surface area contributed by atoms with E-state index in [2.05, 4.69) is 95.2 Å². The summed E-state index contributed by atoms with van der Waals surface area (Å²) < 4.78 is 8.96. The predicted octanol–water partition coefficient (Wildman–Crippen LogP) is 6.72. The fourth-order valence-corrected chi connectivity index (χ4v) is 6.32. The number of Topliss-reactive ketones (excluding diaryl/α,β-unsaturated/α-hetero) is 1. The molecule has 0 unspecified atom stereocenters. The predicted molar refractivity (Wildman–Crippen MR) is 150 cm³/mol. The molecule has 36 heavy (non-hydrogen) atoms. The molecule has 0 spiro atoms. The van der Waals surface area contributed by atoms with Gasteiger partial charge in [-0.15, -0.1) is 0 Å². The van der Waals surface area contributed by atoms with Crippen LogP contribution in [0.25, 0.3) is 0 Å². The van der Waals surface area contributed by atoms with Gasteiger partial charge in [-0.2, -0.15) is 0 Å². The Morgan fingerprint density at radius 3 is 1.67 bits per heavy atom. The molecule has 195 valence electrons. The molecule has 0 aromatic rings. The van der Waals surface area contributed by atoms with Crippen LogP contribution in [-0.2, 0) is 9.53 Å². The maximum atomic E-state index is 13.1. The van der Waals surface area contributed by atoms with Crippen LogP contribution in [0.5, 0.6) is 0 Å². The van der Waals surface area contributed by atoms with Crippen LogP contribution >= 0.6 is 0 Å². The second kappa shape index (κ2) is 9.30. The Hall–Kier alpha value is -2.16. The number of rotatable bonds is 2. The first-order valence-electron chi connectivity index (χ1n) is 12.7. The topological polar surface area (TPSA) is 49.4 Å². The van der Waals surface area contributed by atoms with E-state index in [9.17, 15) is 9.90 Å². The molecule has 3 rings (SSSR count). The van der Waals surface area contributed by atoms with Gasteiger partial charge in [0.1, 0.15) is 0 Å². The molecule has 1 radical (unpaired) electrons. The van der Waals surface area contributed by atoms with E-state index in [-0.39, 0.29) is 58.9 Å². The third kappa shape index (κ3) is 6.21. The van der Waals surface area contributed by atoms with Crippen LogP contribution in [0.4, 0.5) is 0 Å². The van der Waals surface area contributed by atoms with Gasteiger partial charge in [-0.3, -0.25) is 0 Å². The second-order valence-corrected chi connectivity index (χ2v) is 16.3. The molecular weight excluding hydrogens is 511 g/mol. The molecule has 0 bridgehead atoms. The van der Waals surface area contributed by atoms with Gasteiger partial charge in [-0.1, -0.05) is 41.5 Å². The zero-order valence-corrected chi connectivity index (χ0v) is 25.8. The van der Waals surface area contributed by atoms with Crippen molar-refractivity contribution in [3.05, 3.63) is 80.5 Å². The van der Waals surface area contributed by atoms with Gasteiger partial charge in [0.15, 0.2) is 0 Å². The minimum atomic E-state index is -0.194. The monoisotopic (exact) mass is 554 g/mol. The zero-order valence-electron chi connectivity index (χ0n) is 24.1. The fourth-order valence-electron chi connectivity index (χ4n) is 3.72. The number of carbonyl (C=O) groups excluding carboxylic acids is 1. The SMILES string of the molecule is CC(C)(C)C1=CC(=CC2=C([O-])C(=CC3=CC(C(C)(C)C)=[Se]C(C(C)(C)C)=C3)C2=O)C=C(C(C)(C)C)O1. The van der Waals surface area contributed by atoms with Crippen molar-refractivity contribution in [3.8, 4) is 0 Å². The summed E-state index contributed by atoms with van der Waals surface area (Å²) in [5.74, 6) is 1.29. The number of allylic oxidation sites excluding steroid dienone is 13. The zero-order chi connectivity index (χ0) is 27.4. The van der Waals surface area contributed by atoms with Crippen LogP contribution in [0.1, 0.15) is 83.1 Å². The minimum Gasteiger partial charge on any atom is -0.0530 e. The molecule has 1 aliphatic carbocycles. The van der Waals surface area contributed by atoms with Gasteiger partial charge in [-0.25, -0.2) is 0 Å². The number of hydrogen-bond donors (Lipinski definition) is 0. The van der Waals surface area contributed by atoms with Gasteiger partial charge < -0.3 is 0 Å². The number of hydrogen-bond acceptors (Lipinski definition) is 3. The van der Waals surface area contributed by atoms with Crippen molar-refractivity contribution >= 4 is 24.7 Å². The Morgan fingerprint density at radius 1 is 0.722 bits per heavy atom. The van der Waals surface area contributed by atoms with Crippen molar-refractivity contribution < 1.29 is 14.6 Å². The number of ether oxygens (including phenoxy) is 1. The van der Waals surface area contributed by atoms with Crippen molar-refractivity contribution in [2.75, 3.05) is 0 Å². The molecule has 4 heteroatoms. The van der Waals surface area contributed by atoms with Crippen molar-refractivity contribution in [3.63, 3.8) is 0 Å². The first kappa shape index (κ1) is 28.4. The normalized spacial score (nSPS) is 20.8. The molecular formula is C32H42O3Se-. The van der Waals surface area contributed by atoms with Gasteiger partial charge in [0.2, 0.25) is 0 Å². The summed E-state index contributed by atoms with van der Waals surface area (Å²) in [6.45, 7) is 25.9. The summed E-state index contributed by atoms with van der Waals surface area (Å²) in [4.78, 5) is 13.1. The number of ketones is 1. The van der Waals surface area contributed by atoms with Crippen LogP contribution in [-0.4, -0.2) is 24.7 Å². The maximum absolute atomic E-state index is 13.1. The third-order valence-corrected chi connectivity index (χ3v) is 10.2. The smallest absolute Gasteiger partial charge is 0.0530 e. The average molecular weight is 554 g/mol. The Kier molecular flexibility index (Phi) is 7.34. The van der Waals surface area contributed by atoms with Crippen LogP contribution in [0.3, 0.4) is 0 Å². The van der Waals surface area contributed by atoms with E-state index >= 15 is 0 Å². The molecule has 0 saturated carbocycles. The van der Waals surface area contributed by atoms with E-state index in [1.54, 1.807) is 12.2 Å². The van der Waals surface area contributed by atoms with Crippen LogP contribution < -0.4 is 5.11 Å². The van der Waals surface area contributed by atoms with E-state index < -0.39 is 0 Å². The van der Waals surface area contributed by atoms with E-state index in [0.717, 1.165) is 22.7 Å². The number of carbonyl (C=O) groups is 1. The first-order valence-corrected chi connectivity index (χ1v) is 14.4. The Bertz CT molecular complexity index is 1180. The molecule has 0 aromatic heterocycles. The summed E-state index contributed by atoms with van der Waals surface area (Å²) in [5.41, 5.74) is 1.98. The standard InChI is InChI=1S/C32H43O3Se/c1-29(2,3)23-15-19(16-24(35-23)30(4,5)6)13-21-27(33)22(28(21)34)14-20-17-25(31(7,8)9)36-26(18-20)32(10,11)12/h13-18,33H,1-12H3/p-1. The summed E-state index contributed by atoms with van der Waals surface area (Å²) in [6, 6.07) is 0. The van der Waals surface area contributed by atoms with Gasteiger partial charge in [0.25, 0.3) is 0 Å². The molecule has 2 heterocycles. The van der Waals surface area contributed by atoms with Crippen molar-refractivity contribution in [1.82, 2.24) is 0 Å². The first-order chi connectivity index (χ1) is 16.2. The van der Waals surface area contributed by atoms with Crippen molar-refractivity contribution in [1.29, 1.82) is 0 Å². The van der Waals surface area contributed by atoms with E-state index in [1.165, 1.54) is 8.89 Å². The fraction of sp³-hybridized carbons (Fsp3) is 0.500. The summed E-state index contributed by atoms with van der Waals surface area (Å²) >= 11 is 0.255. The molecule has 3 nitrogen and oxygen atoms in total. The Morgan fingerprint density at radius 2 is 1.25 bits per heavy atom. The molecule has 3 aliphatic rings. The van der Waals surface area contributed by atoms with E-state index in [0.29, 0.717) is 0 Å². The molecule has 2 aliphatic heterocycles. The molecule has 0 fully saturated rings. The van der Waals surface area contributed by atoms with Gasteiger partial charge in [0.05, 0.1) is 0 Å². The van der Waals surface area contributed by atoms with Crippen LogP contribution in [0.15, 0.2) is 80.5 Å². The average Bonchev–Trinajstić information content (AvgIpc) is 2.72. The molecule has 0 aromatic carbocycles. The van der Waals surface area contributed by atoms with Crippen LogP contribution in [0.2, 0.25) is 0 Å². The molecule has 0 amide bonds. The second-order valence-electron chi connectivity index (χ2n) is 14.0. The van der Waals surface area contributed by atoms with Crippen LogP contribution in [0, 0.1) is 21.7 Å². The quantitative estimate of drug-likeness (QED) is 0.282. The minimum absolute atomic E-state index is 0.0428. The summed E-state index contributed by atoms with van der Waals surface area (Å²) in [6.07, 6.45) is 11.8. The van der Waals surface area contributed by atoms with E-state index in [4.69, 9.17) is 4.74 Å². The van der Waals surface area contributed by atoms with Gasteiger partial charge in [0, 0.05) is 0 Å². The van der Waals surface area contributed by atoms with Crippen molar-refractivity contribution in [2.45, 2.75) is 83.1 Å². The molecule has 0 atom stereocenters. The Balaban J connectivity index is 2.04. The third-order valence-electron chi connectivity index (χ3n) is 6.19. The van der Waals surface area contributed by atoms with E-state index in [1.807, 2.05) is 12.2 Å². The molecule has 0 N–H and O–H groups in total. The summed E-state index contributed by atoms with van der Waals surface area (Å²) in [7, 11) is 0. The van der Waals surface area contributed by atoms with Crippen molar-refractivity contribution in [2.24, 2.45) is 21.7 Å². The molecule has 0 saturated heterocycles.